The van der Waals surface area contributed by atoms with Crippen molar-refractivity contribution in [3.63, 3.8) is 0 Å². The largest absolute Gasteiger partial charge is 0.504 e. The predicted molar refractivity (Wildman–Crippen MR) is 61.5 cm³/mol. The molecule has 0 saturated heterocycles. The molecule has 0 aliphatic carbocycles. The quantitative estimate of drug-likeness (QED) is 0.858. The molecule has 0 bridgehead atoms. The first kappa shape index (κ1) is 12.0. The van der Waals surface area contributed by atoms with Gasteiger partial charge in [-0.25, -0.2) is 0 Å². The summed E-state index contributed by atoms with van der Waals surface area (Å²) in [5.41, 5.74) is 1.70. The Labute approximate surface area is 97.2 Å². The number of benzene rings is 1. The fraction of sp³-hybridized carbons (Fsp3) is 0.364. The van der Waals surface area contributed by atoms with Crippen LogP contribution < -0.4 is 4.74 Å². The van der Waals surface area contributed by atoms with Crippen molar-refractivity contribution in [2.45, 2.75) is 19.8 Å². The van der Waals surface area contributed by atoms with E-state index >= 15 is 0 Å². The number of methoxy groups -OCH3 is 1. The zero-order valence-electron chi connectivity index (χ0n) is 8.71. The second-order valence-corrected chi connectivity index (χ2v) is 4.07. The summed E-state index contributed by atoms with van der Waals surface area (Å²) >= 11 is 3.38. The van der Waals surface area contributed by atoms with E-state index in [0.717, 1.165) is 21.9 Å². The molecule has 0 aromatic heterocycles. The molecule has 0 amide bonds. The van der Waals surface area contributed by atoms with Crippen LogP contribution in [0.25, 0.3) is 0 Å². The molecule has 4 heteroatoms. The van der Waals surface area contributed by atoms with Gasteiger partial charge in [0.15, 0.2) is 11.5 Å². The average Bonchev–Trinajstić information content (AvgIpc) is 2.23. The van der Waals surface area contributed by atoms with Crippen LogP contribution in [0.4, 0.5) is 0 Å². The Hall–Kier alpha value is -1.03. The van der Waals surface area contributed by atoms with Crippen LogP contribution in [0.3, 0.4) is 0 Å². The second kappa shape index (κ2) is 5.16. The Balaban J connectivity index is 3.20. The molecular formula is C11H13BrO3. The summed E-state index contributed by atoms with van der Waals surface area (Å²) in [7, 11) is 1.50. The van der Waals surface area contributed by atoms with Crippen molar-refractivity contribution in [3.8, 4) is 11.5 Å². The molecule has 0 aliphatic rings. The molecule has 0 heterocycles. The Kier molecular flexibility index (Phi) is 4.15. The molecule has 0 atom stereocenters. The van der Waals surface area contributed by atoms with Crippen molar-refractivity contribution < 1.29 is 14.6 Å². The van der Waals surface area contributed by atoms with E-state index in [4.69, 9.17) is 4.74 Å². The topological polar surface area (TPSA) is 46.5 Å². The van der Waals surface area contributed by atoms with Crippen molar-refractivity contribution in [2.24, 2.45) is 0 Å². The van der Waals surface area contributed by atoms with Crippen molar-refractivity contribution >= 4 is 22.2 Å². The summed E-state index contributed by atoms with van der Waals surface area (Å²) in [6.07, 6.45) is 1.76. The summed E-state index contributed by atoms with van der Waals surface area (Å²) in [4.78, 5) is 10.3. The zero-order valence-corrected chi connectivity index (χ0v) is 10.3. The minimum Gasteiger partial charge on any atom is -0.504 e. The van der Waals surface area contributed by atoms with Gasteiger partial charge in [-0.2, -0.15) is 0 Å². The second-order valence-electron chi connectivity index (χ2n) is 3.22. The summed E-state index contributed by atoms with van der Waals surface area (Å²) in [5, 5.41) is 9.86. The van der Waals surface area contributed by atoms with E-state index in [-0.39, 0.29) is 5.75 Å². The molecule has 1 N–H and O–H groups in total. The van der Waals surface area contributed by atoms with E-state index in [9.17, 15) is 9.90 Å². The van der Waals surface area contributed by atoms with Crippen LogP contribution in [0.15, 0.2) is 10.5 Å². The number of hydrogen-bond donors (Lipinski definition) is 1. The third kappa shape index (κ3) is 2.50. The lowest BCUT2D eigenvalue weighted by atomic mass is 10.0. The van der Waals surface area contributed by atoms with Gasteiger partial charge in [0.05, 0.1) is 7.11 Å². The molecule has 0 radical (unpaired) electrons. The number of aromatic hydroxyl groups is 1. The first-order valence-corrected chi connectivity index (χ1v) is 5.39. The SMILES string of the molecule is COc1cc(Br)c(C)c(CCC=O)c1O. The Morgan fingerprint density at radius 2 is 2.27 bits per heavy atom. The molecule has 0 aliphatic heterocycles. The first-order chi connectivity index (χ1) is 7.11. The highest BCUT2D eigenvalue weighted by molar-refractivity contribution is 9.10. The molecule has 0 spiro atoms. The fourth-order valence-corrected chi connectivity index (χ4v) is 1.87. The molecule has 1 aromatic carbocycles. The number of rotatable bonds is 4. The van der Waals surface area contributed by atoms with Crippen LogP contribution >= 0.6 is 15.9 Å². The van der Waals surface area contributed by atoms with Gasteiger partial charge in [-0.3, -0.25) is 0 Å². The predicted octanol–water partition coefficient (Wildman–Crippen LogP) is 2.60. The van der Waals surface area contributed by atoms with E-state index in [1.54, 1.807) is 6.07 Å². The number of halogens is 1. The van der Waals surface area contributed by atoms with Crippen LogP contribution in [0.5, 0.6) is 11.5 Å². The van der Waals surface area contributed by atoms with Gasteiger partial charge in [0.1, 0.15) is 6.29 Å². The molecule has 1 aromatic rings. The van der Waals surface area contributed by atoms with Crippen molar-refractivity contribution in [1.82, 2.24) is 0 Å². The lowest BCUT2D eigenvalue weighted by molar-refractivity contribution is -0.107. The smallest absolute Gasteiger partial charge is 0.161 e. The van der Waals surface area contributed by atoms with Crippen molar-refractivity contribution in [3.05, 3.63) is 21.7 Å². The Bertz CT molecular complexity index is 375. The Morgan fingerprint density at radius 1 is 1.60 bits per heavy atom. The fourth-order valence-electron chi connectivity index (χ4n) is 1.43. The normalized spacial score (nSPS) is 10.1. The van der Waals surface area contributed by atoms with E-state index in [2.05, 4.69) is 15.9 Å². The third-order valence-corrected chi connectivity index (χ3v) is 3.14. The minimum absolute atomic E-state index is 0.125. The molecule has 0 saturated carbocycles. The van der Waals surface area contributed by atoms with Gasteiger partial charge in [-0.1, -0.05) is 15.9 Å². The maximum Gasteiger partial charge on any atom is 0.161 e. The third-order valence-electron chi connectivity index (χ3n) is 2.32. The van der Waals surface area contributed by atoms with Gasteiger partial charge in [0.25, 0.3) is 0 Å². The highest BCUT2D eigenvalue weighted by Crippen LogP contribution is 2.37. The van der Waals surface area contributed by atoms with Gasteiger partial charge >= 0.3 is 0 Å². The maximum atomic E-state index is 10.3. The summed E-state index contributed by atoms with van der Waals surface area (Å²) < 4.78 is 5.91. The number of ether oxygens (including phenoxy) is 1. The van der Waals surface area contributed by atoms with Crippen molar-refractivity contribution in [2.75, 3.05) is 7.11 Å². The molecule has 1 rings (SSSR count). The number of carbonyl (C=O) groups is 1. The van der Waals surface area contributed by atoms with Gasteiger partial charge in [-0.05, 0) is 25.0 Å². The van der Waals surface area contributed by atoms with E-state index in [0.29, 0.717) is 18.6 Å². The highest BCUT2D eigenvalue weighted by atomic mass is 79.9. The Morgan fingerprint density at radius 3 is 2.80 bits per heavy atom. The summed E-state index contributed by atoms with van der Waals surface area (Å²) in [5.74, 6) is 0.549. The number of phenols is 1. The molecule has 0 unspecified atom stereocenters. The lowest BCUT2D eigenvalue weighted by Crippen LogP contribution is -1.96. The lowest BCUT2D eigenvalue weighted by Gasteiger charge is -2.12. The molecular weight excluding hydrogens is 260 g/mol. The first-order valence-electron chi connectivity index (χ1n) is 4.60. The minimum atomic E-state index is 0.125. The number of aldehydes is 1. The highest BCUT2D eigenvalue weighted by Gasteiger charge is 2.13. The summed E-state index contributed by atoms with van der Waals surface area (Å²) in [6.45, 7) is 1.89. The van der Waals surface area contributed by atoms with Crippen LogP contribution in [-0.2, 0) is 11.2 Å². The van der Waals surface area contributed by atoms with E-state index in [1.807, 2.05) is 6.92 Å². The van der Waals surface area contributed by atoms with E-state index < -0.39 is 0 Å². The van der Waals surface area contributed by atoms with Gasteiger partial charge in [0, 0.05) is 16.5 Å². The number of phenolic OH excluding ortho intramolecular Hbond substituents is 1. The van der Waals surface area contributed by atoms with Gasteiger partial charge in [0.2, 0.25) is 0 Å². The maximum absolute atomic E-state index is 10.3. The molecule has 0 fully saturated rings. The zero-order chi connectivity index (χ0) is 11.4. The standard InChI is InChI=1S/C11H13BrO3/c1-7-8(4-3-5-13)11(14)10(15-2)6-9(7)12/h5-6,14H,3-4H2,1-2H3. The molecule has 3 nitrogen and oxygen atoms in total. The number of hydrogen-bond acceptors (Lipinski definition) is 3. The van der Waals surface area contributed by atoms with Crippen LogP contribution in [-0.4, -0.2) is 18.5 Å². The van der Waals surface area contributed by atoms with Gasteiger partial charge in [-0.15, -0.1) is 0 Å². The van der Waals surface area contributed by atoms with Crippen LogP contribution in [0, 0.1) is 6.92 Å². The molecule has 82 valence electrons. The summed E-state index contributed by atoms with van der Waals surface area (Å²) in [6, 6.07) is 1.72. The average molecular weight is 273 g/mol. The van der Waals surface area contributed by atoms with Crippen LogP contribution in [0.2, 0.25) is 0 Å². The van der Waals surface area contributed by atoms with Gasteiger partial charge < -0.3 is 14.6 Å². The monoisotopic (exact) mass is 272 g/mol. The van der Waals surface area contributed by atoms with Crippen molar-refractivity contribution in [1.29, 1.82) is 0 Å². The number of carbonyl (C=O) groups excluding carboxylic acids is 1. The van der Waals surface area contributed by atoms with Crippen LogP contribution in [0.1, 0.15) is 17.5 Å². The van der Waals surface area contributed by atoms with E-state index in [1.165, 1.54) is 7.11 Å². The molecule has 15 heavy (non-hydrogen) atoms.